The van der Waals surface area contributed by atoms with Crippen molar-refractivity contribution in [3.8, 4) is 11.8 Å². The minimum Gasteiger partial charge on any atom is -0.496 e. The molecule has 74 valence electrons. The molecule has 1 aromatic rings. The second-order valence-corrected chi connectivity index (χ2v) is 2.91. The zero-order valence-electron chi connectivity index (χ0n) is 8.03. The lowest BCUT2D eigenvalue weighted by Gasteiger charge is -2.13. The van der Waals surface area contributed by atoms with Gasteiger partial charge in [0, 0.05) is 18.2 Å². The Bertz CT molecular complexity index is 357. The topological polar surface area (TPSA) is 85.1 Å². The molecule has 0 aliphatic rings. The van der Waals surface area contributed by atoms with Crippen LogP contribution in [0, 0.1) is 11.3 Å². The highest BCUT2D eigenvalue weighted by Gasteiger charge is 2.10. The highest BCUT2D eigenvalue weighted by atomic mass is 16.5. The number of hydrogen-bond donors (Lipinski definition) is 2. The van der Waals surface area contributed by atoms with Gasteiger partial charge < -0.3 is 16.2 Å². The molecule has 0 aromatic heterocycles. The smallest absolute Gasteiger partial charge is 0.123 e. The summed E-state index contributed by atoms with van der Waals surface area (Å²) in [6.45, 7) is 0.325. The van der Waals surface area contributed by atoms with Crippen LogP contribution in [0.1, 0.15) is 17.2 Å². The maximum absolute atomic E-state index is 8.72. The van der Waals surface area contributed by atoms with Crippen LogP contribution in [0.3, 0.4) is 0 Å². The largest absolute Gasteiger partial charge is 0.496 e. The lowest BCUT2D eigenvalue weighted by atomic mass is 10.0. The summed E-state index contributed by atoms with van der Waals surface area (Å²) >= 11 is 0. The summed E-state index contributed by atoms with van der Waals surface area (Å²) in [4.78, 5) is 0. The van der Waals surface area contributed by atoms with E-state index in [4.69, 9.17) is 21.5 Å². The Labute approximate surface area is 83.1 Å². The monoisotopic (exact) mass is 191 g/mol. The minimum absolute atomic E-state index is 0.293. The summed E-state index contributed by atoms with van der Waals surface area (Å²) in [5, 5.41) is 8.72. The van der Waals surface area contributed by atoms with Gasteiger partial charge in [0.25, 0.3) is 0 Å². The van der Waals surface area contributed by atoms with Crippen LogP contribution in [0.5, 0.6) is 5.75 Å². The van der Waals surface area contributed by atoms with Gasteiger partial charge in [0.15, 0.2) is 0 Å². The number of benzene rings is 1. The first-order valence-corrected chi connectivity index (χ1v) is 4.26. The molecule has 0 heterocycles. The quantitative estimate of drug-likeness (QED) is 0.729. The number of nitrogens with two attached hydrogens (primary N) is 2. The van der Waals surface area contributed by atoms with Gasteiger partial charge in [-0.25, -0.2) is 0 Å². The molecule has 4 N–H and O–H groups in total. The fourth-order valence-corrected chi connectivity index (χ4v) is 1.22. The third-order valence-electron chi connectivity index (χ3n) is 2.01. The molecule has 0 amide bonds. The Balaban J connectivity index is 3.16. The maximum atomic E-state index is 8.72. The second-order valence-electron chi connectivity index (χ2n) is 2.91. The molecule has 0 aliphatic carbocycles. The molecule has 14 heavy (non-hydrogen) atoms. The number of rotatable bonds is 3. The summed E-state index contributed by atoms with van der Waals surface area (Å²) in [7, 11) is 1.56. The molecular formula is C10H13N3O. The molecule has 0 bridgehead atoms. The van der Waals surface area contributed by atoms with E-state index in [1.807, 2.05) is 6.07 Å². The van der Waals surface area contributed by atoms with Crippen LogP contribution in [-0.2, 0) is 0 Å². The van der Waals surface area contributed by atoms with Gasteiger partial charge in [0.2, 0.25) is 0 Å². The first kappa shape index (κ1) is 10.5. The molecule has 1 aromatic carbocycles. The number of hydrogen-bond acceptors (Lipinski definition) is 4. The van der Waals surface area contributed by atoms with Crippen LogP contribution < -0.4 is 16.2 Å². The second kappa shape index (κ2) is 4.61. The van der Waals surface area contributed by atoms with E-state index in [9.17, 15) is 0 Å². The Kier molecular flexibility index (Phi) is 3.46. The summed E-state index contributed by atoms with van der Waals surface area (Å²) < 4.78 is 5.12. The Hall–Kier alpha value is -1.57. The number of ether oxygens (including phenoxy) is 1. The summed E-state index contributed by atoms with van der Waals surface area (Å²) in [6.07, 6.45) is 0. The van der Waals surface area contributed by atoms with Gasteiger partial charge in [0.1, 0.15) is 5.75 Å². The van der Waals surface area contributed by atoms with E-state index in [0.717, 1.165) is 5.56 Å². The standard InChI is InChI=1S/C10H13N3O/c1-14-10-3-2-7(5-11)4-8(10)9(13)6-12/h2-4,9H,6,12-13H2,1H3/t9-/m1/s1. The Morgan fingerprint density at radius 1 is 1.57 bits per heavy atom. The van der Waals surface area contributed by atoms with E-state index in [1.54, 1.807) is 25.3 Å². The molecule has 0 aliphatic heterocycles. The maximum Gasteiger partial charge on any atom is 0.123 e. The molecule has 0 fully saturated rings. The number of nitrogens with zero attached hydrogens (tertiary/aromatic N) is 1. The van der Waals surface area contributed by atoms with E-state index in [1.165, 1.54) is 0 Å². The average molecular weight is 191 g/mol. The van der Waals surface area contributed by atoms with Crippen LogP contribution in [-0.4, -0.2) is 13.7 Å². The van der Waals surface area contributed by atoms with Gasteiger partial charge >= 0.3 is 0 Å². The van der Waals surface area contributed by atoms with Gasteiger partial charge in [-0.3, -0.25) is 0 Å². The molecular weight excluding hydrogens is 178 g/mol. The summed E-state index contributed by atoms with van der Waals surface area (Å²) in [6, 6.07) is 6.87. The van der Waals surface area contributed by atoms with Crippen molar-refractivity contribution < 1.29 is 4.74 Å². The van der Waals surface area contributed by atoms with Crippen LogP contribution in [0.2, 0.25) is 0 Å². The molecule has 0 saturated carbocycles. The summed E-state index contributed by atoms with van der Waals surface area (Å²) in [5.74, 6) is 0.668. The Morgan fingerprint density at radius 3 is 2.79 bits per heavy atom. The van der Waals surface area contributed by atoms with E-state index in [0.29, 0.717) is 17.9 Å². The highest BCUT2D eigenvalue weighted by molar-refractivity contribution is 5.43. The van der Waals surface area contributed by atoms with Gasteiger partial charge in [-0.1, -0.05) is 0 Å². The van der Waals surface area contributed by atoms with E-state index in [2.05, 4.69) is 0 Å². The van der Waals surface area contributed by atoms with Crippen LogP contribution >= 0.6 is 0 Å². The van der Waals surface area contributed by atoms with Crippen LogP contribution in [0.15, 0.2) is 18.2 Å². The normalized spacial score (nSPS) is 11.9. The lowest BCUT2D eigenvalue weighted by Crippen LogP contribution is -2.21. The minimum atomic E-state index is -0.293. The zero-order valence-corrected chi connectivity index (χ0v) is 8.03. The molecule has 0 unspecified atom stereocenters. The van der Waals surface area contributed by atoms with Crippen LogP contribution in [0.4, 0.5) is 0 Å². The third kappa shape index (κ3) is 2.02. The van der Waals surface area contributed by atoms with Crippen molar-refractivity contribution in [1.82, 2.24) is 0 Å². The van der Waals surface area contributed by atoms with Crippen LogP contribution in [0.25, 0.3) is 0 Å². The van der Waals surface area contributed by atoms with Crippen molar-refractivity contribution in [2.24, 2.45) is 11.5 Å². The number of nitriles is 1. The third-order valence-corrected chi connectivity index (χ3v) is 2.01. The molecule has 4 heteroatoms. The molecule has 0 radical (unpaired) electrons. The summed E-state index contributed by atoms with van der Waals surface area (Å²) in [5.41, 5.74) is 12.6. The van der Waals surface area contributed by atoms with Gasteiger partial charge in [0.05, 0.1) is 18.7 Å². The first-order valence-electron chi connectivity index (χ1n) is 4.26. The average Bonchev–Trinajstić information content (AvgIpc) is 2.27. The van der Waals surface area contributed by atoms with E-state index >= 15 is 0 Å². The van der Waals surface area contributed by atoms with Crippen molar-refractivity contribution in [2.75, 3.05) is 13.7 Å². The van der Waals surface area contributed by atoms with E-state index in [-0.39, 0.29) is 6.04 Å². The number of methoxy groups -OCH3 is 1. The predicted octanol–water partition coefficient (Wildman–Crippen LogP) is 0.525. The van der Waals surface area contributed by atoms with Crippen molar-refractivity contribution in [2.45, 2.75) is 6.04 Å². The predicted molar refractivity (Wildman–Crippen MR) is 53.7 cm³/mol. The molecule has 1 rings (SSSR count). The Morgan fingerprint density at radius 2 is 2.29 bits per heavy atom. The first-order chi connectivity index (χ1) is 6.72. The SMILES string of the molecule is COc1ccc(C#N)cc1[C@H](N)CN. The van der Waals surface area contributed by atoms with Crippen molar-refractivity contribution in [3.63, 3.8) is 0 Å². The lowest BCUT2D eigenvalue weighted by molar-refractivity contribution is 0.406. The molecule has 4 nitrogen and oxygen atoms in total. The van der Waals surface area contributed by atoms with Gasteiger partial charge in [-0.15, -0.1) is 0 Å². The fraction of sp³-hybridized carbons (Fsp3) is 0.300. The highest BCUT2D eigenvalue weighted by Crippen LogP contribution is 2.24. The molecule has 0 saturated heterocycles. The van der Waals surface area contributed by atoms with Crippen molar-refractivity contribution >= 4 is 0 Å². The van der Waals surface area contributed by atoms with E-state index < -0.39 is 0 Å². The fourth-order valence-electron chi connectivity index (χ4n) is 1.22. The van der Waals surface area contributed by atoms with Crippen molar-refractivity contribution in [1.29, 1.82) is 5.26 Å². The van der Waals surface area contributed by atoms with Gasteiger partial charge in [-0.05, 0) is 18.2 Å². The molecule has 1 atom stereocenters. The van der Waals surface area contributed by atoms with Gasteiger partial charge in [-0.2, -0.15) is 5.26 Å². The van der Waals surface area contributed by atoms with Crippen molar-refractivity contribution in [3.05, 3.63) is 29.3 Å². The molecule has 0 spiro atoms. The zero-order chi connectivity index (χ0) is 10.6.